The average Bonchev–Trinajstić information content (AvgIpc) is 2.77. The van der Waals surface area contributed by atoms with Crippen LogP contribution in [-0.2, 0) is 11.3 Å². The SMILES string of the molecule is O=C(NCC(O)C(O)c1cccc(-c2ccccc2)c1)OCc1ccccc1. The second-order valence-electron chi connectivity index (χ2n) is 6.45. The lowest BCUT2D eigenvalue weighted by Gasteiger charge is -2.19. The van der Waals surface area contributed by atoms with Crippen LogP contribution in [0.4, 0.5) is 4.79 Å². The Labute approximate surface area is 164 Å². The maximum atomic E-state index is 11.8. The topological polar surface area (TPSA) is 78.8 Å². The minimum atomic E-state index is -1.16. The fourth-order valence-corrected chi connectivity index (χ4v) is 2.83. The Morgan fingerprint density at radius 1 is 0.857 bits per heavy atom. The molecule has 0 aromatic heterocycles. The highest BCUT2D eigenvalue weighted by Crippen LogP contribution is 2.24. The van der Waals surface area contributed by atoms with Crippen molar-refractivity contribution >= 4 is 6.09 Å². The standard InChI is InChI=1S/C23H23NO4/c25-21(15-24-23(27)28-16-17-8-3-1-4-9-17)22(26)20-13-7-12-19(14-20)18-10-5-2-6-11-18/h1-14,21-22,25-26H,15-16H2,(H,24,27). The monoisotopic (exact) mass is 377 g/mol. The highest BCUT2D eigenvalue weighted by atomic mass is 16.5. The molecule has 5 heteroatoms. The molecule has 3 aromatic rings. The molecule has 0 saturated heterocycles. The molecule has 0 radical (unpaired) electrons. The molecule has 0 heterocycles. The Morgan fingerprint density at radius 3 is 2.21 bits per heavy atom. The summed E-state index contributed by atoms with van der Waals surface area (Å²) in [5.74, 6) is 0. The number of aliphatic hydroxyl groups is 2. The summed E-state index contributed by atoms with van der Waals surface area (Å²) in [6.07, 6.45) is -2.93. The van der Waals surface area contributed by atoms with Crippen molar-refractivity contribution in [3.63, 3.8) is 0 Å². The largest absolute Gasteiger partial charge is 0.445 e. The van der Waals surface area contributed by atoms with Gasteiger partial charge in [0, 0.05) is 6.54 Å². The fraction of sp³-hybridized carbons (Fsp3) is 0.174. The van der Waals surface area contributed by atoms with Crippen molar-refractivity contribution in [2.45, 2.75) is 18.8 Å². The van der Waals surface area contributed by atoms with Crippen LogP contribution >= 0.6 is 0 Å². The summed E-state index contributed by atoms with van der Waals surface area (Å²) in [6, 6.07) is 26.4. The Balaban J connectivity index is 1.53. The molecule has 0 spiro atoms. The normalized spacial score (nSPS) is 12.8. The number of carbonyl (C=O) groups is 1. The van der Waals surface area contributed by atoms with E-state index < -0.39 is 18.3 Å². The van der Waals surface area contributed by atoms with Crippen LogP contribution in [0.2, 0.25) is 0 Å². The summed E-state index contributed by atoms with van der Waals surface area (Å²) in [4.78, 5) is 11.8. The number of carbonyl (C=O) groups excluding carboxylic acids is 1. The second kappa shape index (κ2) is 9.69. The van der Waals surface area contributed by atoms with Gasteiger partial charge in [-0.25, -0.2) is 4.79 Å². The number of amides is 1. The fourth-order valence-electron chi connectivity index (χ4n) is 2.83. The van der Waals surface area contributed by atoms with Gasteiger partial charge in [0.15, 0.2) is 0 Å². The van der Waals surface area contributed by atoms with Gasteiger partial charge in [-0.2, -0.15) is 0 Å². The highest BCUT2D eigenvalue weighted by Gasteiger charge is 2.20. The van der Waals surface area contributed by atoms with E-state index in [4.69, 9.17) is 4.74 Å². The predicted octanol–water partition coefficient (Wildman–Crippen LogP) is 3.67. The van der Waals surface area contributed by atoms with Gasteiger partial charge in [-0.1, -0.05) is 78.9 Å². The number of rotatable bonds is 7. The first-order valence-electron chi connectivity index (χ1n) is 9.09. The Bertz CT molecular complexity index is 883. The number of alkyl carbamates (subject to hydrolysis) is 1. The Kier molecular flexibility index (Phi) is 6.78. The summed E-state index contributed by atoms with van der Waals surface area (Å²) in [7, 11) is 0. The first kappa shape index (κ1) is 19.6. The molecule has 0 aliphatic heterocycles. The van der Waals surface area contributed by atoms with Crippen LogP contribution in [0.5, 0.6) is 0 Å². The maximum Gasteiger partial charge on any atom is 0.407 e. The Hall–Kier alpha value is -3.15. The lowest BCUT2D eigenvalue weighted by molar-refractivity contribution is 0.0184. The zero-order chi connectivity index (χ0) is 19.8. The lowest BCUT2D eigenvalue weighted by atomic mass is 9.98. The van der Waals surface area contributed by atoms with E-state index in [1.165, 1.54) is 0 Å². The molecule has 5 nitrogen and oxygen atoms in total. The van der Waals surface area contributed by atoms with E-state index in [1.54, 1.807) is 6.07 Å². The number of hydrogen-bond acceptors (Lipinski definition) is 4. The lowest BCUT2D eigenvalue weighted by Crippen LogP contribution is -2.35. The third-order valence-corrected chi connectivity index (χ3v) is 4.37. The summed E-state index contributed by atoms with van der Waals surface area (Å²) in [5, 5.41) is 23.2. The Morgan fingerprint density at radius 2 is 1.50 bits per heavy atom. The predicted molar refractivity (Wildman–Crippen MR) is 107 cm³/mol. The molecule has 144 valence electrons. The zero-order valence-electron chi connectivity index (χ0n) is 15.4. The third-order valence-electron chi connectivity index (χ3n) is 4.37. The molecule has 1 amide bonds. The van der Waals surface area contributed by atoms with E-state index in [-0.39, 0.29) is 13.2 Å². The molecular weight excluding hydrogens is 354 g/mol. The van der Waals surface area contributed by atoms with Crippen molar-refractivity contribution < 1.29 is 19.7 Å². The highest BCUT2D eigenvalue weighted by molar-refractivity contribution is 5.67. The smallest absolute Gasteiger partial charge is 0.407 e. The number of aliphatic hydroxyl groups excluding tert-OH is 2. The molecule has 3 N–H and O–H groups in total. The van der Waals surface area contributed by atoms with E-state index in [2.05, 4.69) is 5.32 Å². The van der Waals surface area contributed by atoms with Crippen molar-refractivity contribution in [1.29, 1.82) is 0 Å². The van der Waals surface area contributed by atoms with E-state index in [1.807, 2.05) is 78.9 Å². The van der Waals surface area contributed by atoms with Gasteiger partial charge in [0.25, 0.3) is 0 Å². The van der Waals surface area contributed by atoms with E-state index in [0.717, 1.165) is 16.7 Å². The molecule has 0 saturated carbocycles. The van der Waals surface area contributed by atoms with Crippen LogP contribution in [0.3, 0.4) is 0 Å². The van der Waals surface area contributed by atoms with Gasteiger partial charge in [-0.3, -0.25) is 0 Å². The van der Waals surface area contributed by atoms with Gasteiger partial charge >= 0.3 is 6.09 Å². The van der Waals surface area contributed by atoms with Gasteiger partial charge < -0.3 is 20.3 Å². The first-order valence-corrected chi connectivity index (χ1v) is 9.09. The van der Waals surface area contributed by atoms with Crippen LogP contribution in [-0.4, -0.2) is 29.0 Å². The quantitative estimate of drug-likeness (QED) is 0.587. The van der Waals surface area contributed by atoms with Gasteiger partial charge in [-0.05, 0) is 28.3 Å². The van der Waals surface area contributed by atoms with E-state index in [0.29, 0.717) is 5.56 Å². The van der Waals surface area contributed by atoms with Crippen molar-refractivity contribution in [1.82, 2.24) is 5.32 Å². The molecule has 0 bridgehead atoms. The van der Waals surface area contributed by atoms with Crippen molar-refractivity contribution in [3.8, 4) is 11.1 Å². The summed E-state index contributed by atoms with van der Waals surface area (Å²) in [5.41, 5.74) is 3.41. The average molecular weight is 377 g/mol. The van der Waals surface area contributed by atoms with Gasteiger partial charge in [0.05, 0.1) is 0 Å². The van der Waals surface area contributed by atoms with Crippen molar-refractivity contribution in [2.24, 2.45) is 0 Å². The van der Waals surface area contributed by atoms with Crippen LogP contribution in [0, 0.1) is 0 Å². The van der Waals surface area contributed by atoms with Gasteiger partial charge in [0.2, 0.25) is 0 Å². The molecule has 2 unspecified atom stereocenters. The third kappa shape index (κ3) is 5.42. The minimum Gasteiger partial charge on any atom is -0.445 e. The molecule has 28 heavy (non-hydrogen) atoms. The number of nitrogens with one attached hydrogen (secondary N) is 1. The summed E-state index contributed by atoms with van der Waals surface area (Å²) >= 11 is 0. The maximum absolute atomic E-state index is 11.8. The minimum absolute atomic E-state index is 0.121. The summed E-state index contributed by atoms with van der Waals surface area (Å²) in [6.45, 7) is 0.0226. The van der Waals surface area contributed by atoms with Crippen LogP contribution in [0.25, 0.3) is 11.1 Å². The van der Waals surface area contributed by atoms with Crippen molar-refractivity contribution in [2.75, 3.05) is 6.54 Å². The summed E-state index contributed by atoms with van der Waals surface area (Å²) < 4.78 is 5.10. The molecule has 0 aliphatic rings. The first-order chi connectivity index (χ1) is 13.6. The number of hydrogen-bond donors (Lipinski definition) is 3. The van der Waals surface area contributed by atoms with Crippen LogP contribution < -0.4 is 5.32 Å². The van der Waals surface area contributed by atoms with Gasteiger partial charge in [-0.15, -0.1) is 0 Å². The molecule has 0 aliphatic carbocycles. The second-order valence-corrected chi connectivity index (χ2v) is 6.45. The van der Waals surface area contributed by atoms with Crippen LogP contribution in [0.15, 0.2) is 84.9 Å². The molecule has 3 aromatic carbocycles. The number of benzene rings is 3. The van der Waals surface area contributed by atoms with Gasteiger partial charge in [0.1, 0.15) is 18.8 Å². The van der Waals surface area contributed by atoms with Crippen molar-refractivity contribution in [3.05, 3.63) is 96.1 Å². The van der Waals surface area contributed by atoms with Crippen LogP contribution in [0.1, 0.15) is 17.2 Å². The molecule has 0 fully saturated rings. The molecule has 2 atom stereocenters. The van der Waals surface area contributed by atoms with E-state index in [9.17, 15) is 15.0 Å². The number of ether oxygens (including phenoxy) is 1. The molecular formula is C23H23NO4. The molecule has 3 rings (SSSR count). The van der Waals surface area contributed by atoms with E-state index >= 15 is 0 Å². The zero-order valence-corrected chi connectivity index (χ0v) is 15.4.